The number of imidazole rings is 1. The first-order valence-corrected chi connectivity index (χ1v) is 7.68. The lowest BCUT2D eigenvalue weighted by atomic mass is 10.0. The summed E-state index contributed by atoms with van der Waals surface area (Å²) in [5.41, 5.74) is 2.13. The molecule has 2 aromatic rings. The molecule has 1 saturated heterocycles. The number of para-hydroxylation sites is 2. The molecule has 1 aromatic heterocycles. The van der Waals surface area contributed by atoms with Crippen molar-refractivity contribution in [1.82, 2.24) is 20.2 Å². The van der Waals surface area contributed by atoms with Crippen LogP contribution in [0.5, 0.6) is 0 Å². The molecule has 23 heavy (non-hydrogen) atoms. The second kappa shape index (κ2) is 9.11. The number of benzene rings is 1. The molecule has 0 bridgehead atoms. The summed E-state index contributed by atoms with van der Waals surface area (Å²) < 4.78 is 2.16. The molecule has 2 heterocycles. The number of carbonyl (C=O) groups is 1. The van der Waals surface area contributed by atoms with Crippen LogP contribution in [-0.2, 0) is 11.3 Å². The highest BCUT2D eigenvalue weighted by Crippen LogP contribution is 2.14. The van der Waals surface area contributed by atoms with Crippen LogP contribution in [-0.4, -0.2) is 34.6 Å². The molecule has 0 radical (unpaired) electrons. The molecule has 5 nitrogen and oxygen atoms in total. The van der Waals surface area contributed by atoms with Gasteiger partial charge in [-0.2, -0.15) is 0 Å². The first kappa shape index (κ1) is 19.7. The standard InChI is InChI=1S/C16H22N4O.2ClH/c1-12-19-13-6-2-3-8-15(13)20(12)11-10-18-16(21)14-7-4-5-9-17-14;;/h2-3,6,8,14,17H,4-5,7,9-11H2,1H3,(H,18,21);2*1H. The van der Waals surface area contributed by atoms with E-state index < -0.39 is 0 Å². The van der Waals surface area contributed by atoms with Gasteiger partial charge in [-0.25, -0.2) is 4.98 Å². The van der Waals surface area contributed by atoms with Gasteiger partial charge in [0.15, 0.2) is 0 Å². The summed E-state index contributed by atoms with van der Waals surface area (Å²) in [6.45, 7) is 4.34. The van der Waals surface area contributed by atoms with E-state index in [-0.39, 0.29) is 36.8 Å². The van der Waals surface area contributed by atoms with Crippen molar-refractivity contribution in [3.05, 3.63) is 30.1 Å². The van der Waals surface area contributed by atoms with E-state index >= 15 is 0 Å². The molecule has 1 aliphatic heterocycles. The van der Waals surface area contributed by atoms with Crippen LogP contribution in [0.3, 0.4) is 0 Å². The smallest absolute Gasteiger partial charge is 0.237 e. The summed E-state index contributed by atoms with van der Waals surface area (Å²) in [5.74, 6) is 1.11. The van der Waals surface area contributed by atoms with E-state index in [1.165, 1.54) is 6.42 Å². The average molecular weight is 359 g/mol. The maximum absolute atomic E-state index is 12.1. The Morgan fingerprint density at radius 3 is 2.87 bits per heavy atom. The summed E-state index contributed by atoms with van der Waals surface area (Å²) in [6, 6.07) is 8.09. The van der Waals surface area contributed by atoms with E-state index in [1.54, 1.807) is 0 Å². The SMILES string of the molecule is Cc1nc2ccccc2n1CCNC(=O)C1CCCCN1.Cl.Cl. The zero-order chi connectivity index (χ0) is 14.7. The Morgan fingerprint density at radius 2 is 2.13 bits per heavy atom. The molecule has 0 saturated carbocycles. The number of hydrogen-bond donors (Lipinski definition) is 2. The maximum atomic E-state index is 12.1. The highest BCUT2D eigenvalue weighted by molar-refractivity contribution is 5.85. The summed E-state index contributed by atoms with van der Waals surface area (Å²) in [6.07, 6.45) is 3.25. The van der Waals surface area contributed by atoms with E-state index in [0.717, 1.165) is 42.8 Å². The van der Waals surface area contributed by atoms with E-state index in [4.69, 9.17) is 0 Å². The number of aromatic nitrogens is 2. The van der Waals surface area contributed by atoms with Gasteiger partial charge in [0.25, 0.3) is 0 Å². The zero-order valence-corrected chi connectivity index (χ0v) is 14.9. The van der Waals surface area contributed by atoms with Crippen LogP contribution in [0.2, 0.25) is 0 Å². The van der Waals surface area contributed by atoms with Gasteiger partial charge in [0, 0.05) is 13.1 Å². The van der Waals surface area contributed by atoms with Crippen molar-refractivity contribution in [3.8, 4) is 0 Å². The molecule has 3 rings (SSSR count). The number of nitrogens with one attached hydrogen (secondary N) is 2. The number of rotatable bonds is 4. The monoisotopic (exact) mass is 358 g/mol. The summed E-state index contributed by atoms with van der Waals surface area (Å²) in [7, 11) is 0. The average Bonchev–Trinajstić information content (AvgIpc) is 2.84. The first-order chi connectivity index (χ1) is 10.3. The number of amides is 1. The van der Waals surface area contributed by atoms with Gasteiger partial charge in [0.1, 0.15) is 5.82 Å². The van der Waals surface area contributed by atoms with Crippen LogP contribution in [0.4, 0.5) is 0 Å². The molecule has 0 aliphatic carbocycles. The van der Waals surface area contributed by atoms with Gasteiger partial charge in [-0.15, -0.1) is 24.8 Å². The first-order valence-electron chi connectivity index (χ1n) is 7.68. The van der Waals surface area contributed by atoms with Crippen molar-refractivity contribution >= 4 is 41.8 Å². The molecular formula is C16H24Cl2N4O. The normalized spacial score (nSPS) is 17.2. The Kier molecular flexibility index (Phi) is 7.82. The van der Waals surface area contributed by atoms with Gasteiger partial charge in [-0.1, -0.05) is 18.6 Å². The minimum Gasteiger partial charge on any atom is -0.353 e. The molecule has 1 atom stereocenters. The second-order valence-corrected chi connectivity index (χ2v) is 5.59. The van der Waals surface area contributed by atoms with Crippen LogP contribution in [0.1, 0.15) is 25.1 Å². The number of aryl methyl sites for hydroxylation is 1. The van der Waals surface area contributed by atoms with Gasteiger partial charge in [-0.05, 0) is 38.4 Å². The van der Waals surface area contributed by atoms with Crippen LogP contribution in [0.25, 0.3) is 11.0 Å². The Labute approximate surface area is 149 Å². The molecular weight excluding hydrogens is 335 g/mol. The quantitative estimate of drug-likeness (QED) is 0.882. The minimum atomic E-state index is -0.0145. The molecule has 1 unspecified atom stereocenters. The third-order valence-electron chi connectivity index (χ3n) is 4.11. The third-order valence-corrected chi connectivity index (χ3v) is 4.11. The lowest BCUT2D eigenvalue weighted by molar-refractivity contribution is -0.123. The third kappa shape index (κ3) is 4.59. The number of halogens is 2. The Balaban J connectivity index is 0.00000132. The number of hydrogen-bond acceptors (Lipinski definition) is 3. The molecule has 2 N–H and O–H groups in total. The zero-order valence-electron chi connectivity index (χ0n) is 13.2. The molecule has 1 fully saturated rings. The molecule has 1 amide bonds. The fourth-order valence-corrected chi connectivity index (χ4v) is 2.97. The predicted octanol–water partition coefficient (Wildman–Crippen LogP) is 2.45. The van der Waals surface area contributed by atoms with Crippen LogP contribution in [0.15, 0.2) is 24.3 Å². The van der Waals surface area contributed by atoms with Gasteiger partial charge < -0.3 is 15.2 Å². The van der Waals surface area contributed by atoms with Crippen molar-refractivity contribution in [2.45, 2.75) is 38.8 Å². The molecule has 1 aromatic carbocycles. The van der Waals surface area contributed by atoms with Crippen LogP contribution >= 0.6 is 24.8 Å². The molecule has 7 heteroatoms. The maximum Gasteiger partial charge on any atom is 0.237 e. The fourth-order valence-electron chi connectivity index (χ4n) is 2.97. The summed E-state index contributed by atoms with van der Waals surface area (Å²) >= 11 is 0. The van der Waals surface area contributed by atoms with Gasteiger partial charge in [-0.3, -0.25) is 4.79 Å². The van der Waals surface area contributed by atoms with Gasteiger partial charge in [0.05, 0.1) is 17.1 Å². The lowest BCUT2D eigenvalue weighted by Crippen LogP contribution is -2.47. The van der Waals surface area contributed by atoms with Gasteiger partial charge in [0.2, 0.25) is 5.91 Å². The van der Waals surface area contributed by atoms with E-state index in [1.807, 2.05) is 25.1 Å². The van der Waals surface area contributed by atoms with Crippen molar-refractivity contribution in [2.75, 3.05) is 13.1 Å². The lowest BCUT2D eigenvalue weighted by Gasteiger charge is -2.22. The highest BCUT2D eigenvalue weighted by Gasteiger charge is 2.19. The predicted molar refractivity (Wildman–Crippen MR) is 97.6 cm³/mol. The van der Waals surface area contributed by atoms with Crippen LogP contribution in [0, 0.1) is 6.92 Å². The van der Waals surface area contributed by atoms with Crippen molar-refractivity contribution < 1.29 is 4.79 Å². The number of fused-ring (bicyclic) bond motifs is 1. The van der Waals surface area contributed by atoms with Gasteiger partial charge >= 0.3 is 0 Å². The second-order valence-electron chi connectivity index (χ2n) is 5.59. The van der Waals surface area contributed by atoms with Crippen molar-refractivity contribution in [2.24, 2.45) is 0 Å². The molecule has 1 aliphatic rings. The number of nitrogens with zero attached hydrogens (tertiary/aromatic N) is 2. The molecule has 0 spiro atoms. The highest BCUT2D eigenvalue weighted by atomic mass is 35.5. The molecule has 128 valence electrons. The summed E-state index contributed by atoms with van der Waals surface area (Å²) in [5, 5.41) is 6.30. The Morgan fingerprint density at radius 1 is 1.35 bits per heavy atom. The van der Waals surface area contributed by atoms with Crippen molar-refractivity contribution in [3.63, 3.8) is 0 Å². The Hall–Kier alpha value is -1.30. The number of carbonyl (C=O) groups excluding carboxylic acids is 1. The van der Waals surface area contributed by atoms with E-state index in [0.29, 0.717) is 6.54 Å². The summed E-state index contributed by atoms with van der Waals surface area (Å²) in [4.78, 5) is 16.6. The van der Waals surface area contributed by atoms with Crippen molar-refractivity contribution in [1.29, 1.82) is 0 Å². The van der Waals surface area contributed by atoms with Crippen LogP contribution < -0.4 is 10.6 Å². The number of piperidine rings is 1. The fraction of sp³-hybridized carbons (Fsp3) is 0.500. The van der Waals surface area contributed by atoms with E-state index in [9.17, 15) is 4.79 Å². The van der Waals surface area contributed by atoms with E-state index in [2.05, 4.69) is 26.3 Å². The topological polar surface area (TPSA) is 59.0 Å². The minimum absolute atomic E-state index is 0. The largest absolute Gasteiger partial charge is 0.353 e. The Bertz CT molecular complexity index is 638.